The predicted octanol–water partition coefficient (Wildman–Crippen LogP) is -0.520. The van der Waals surface area contributed by atoms with Gasteiger partial charge in [-0.1, -0.05) is 6.07 Å². The van der Waals surface area contributed by atoms with E-state index in [9.17, 15) is 4.79 Å². The van der Waals surface area contributed by atoms with Crippen molar-refractivity contribution in [1.29, 1.82) is 0 Å². The van der Waals surface area contributed by atoms with Gasteiger partial charge in [-0.05, 0) is 24.5 Å². The number of carboxylic acids is 1. The minimum absolute atomic E-state index is 0.0316. The van der Waals surface area contributed by atoms with Crippen LogP contribution in [0, 0.1) is 0 Å². The molecule has 0 heterocycles. The van der Waals surface area contributed by atoms with E-state index in [4.69, 9.17) is 24.6 Å². The zero-order valence-corrected chi connectivity index (χ0v) is 10.00. The maximum atomic E-state index is 11.0. The largest absolute Gasteiger partial charge is 0.490 e. The second-order valence-corrected chi connectivity index (χ2v) is 3.48. The molecule has 98 valence electrons. The van der Waals surface area contributed by atoms with Crippen molar-refractivity contribution in [3.63, 3.8) is 0 Å². The van der Waals surface area contributed by atoms with E-state index in [1.165, 1.54) is 18.2 Å². The molecular weight excluding hydrogens is 239 g/mol. The number of carboxylic acid groups (broad SMARTS) is 1. The van der Waals surface area contributed by atoms with Crippen LogP contribution in [0.2, 0.25) is 0 Å². The molecule has 18 heavy (non-hydrogen) atoms. The third kappa shape index (κ3) is 4.03. The van der Waals surface area contributed by atoms with E-state index >= 15 is 0 Å². The van der Waals surface area contributed by atoms with Crippen molar-refractivity contribution in [2.45, 2.75) is 6.92 Å². The minimum Gasteiger partial charge on any atom is -0.490 e. The van der Waals surface area contributed by atoms with E-state index in [1.54, 1.807) is 0 Å². The van der Waals surface area contributed by atoms with Crippen LogP contribution >= 0.6 is 0 Å². The van der Waals surface area contributed by atoms with Gasteiger partial charge in [0.2, 0.25) is 0 Å². The summed E-state index contributed by atoms with van der Waals surface area (Å²) < 4.78 is 10.3. The lowest BCUT2D eigenvalue weighted by Crippen LogP contribution is -2.30. The number of benzene rings is 1. The lowest BCUT2D eigenvalue weighted by atomic mass is 9.80. The fraction of sp³-hybridized carbons (Fsp3) is 0.364. The van der Waals surface area contributed by atoms with Crippen molar-refractivity contribution in [3.8, 4) is 5.75 Å². The highest BCUT2D eigenvalue weighted by atomic mass is 16.5. The number of hydrogen-bond acceptors (Lipinski definition) is 5. The molecule has 1 rings (SSSR count). The molecule has 0 fully saturated rings. The van der Waals surface area contributed by atoms with Crippen LogP contribution < -0.4 is 10.2 Å². The molecule has 0 aliphatic rings. The van der Waals surface area contributed by atoms with Crippen molar-refractivity contribution in [3.05, 3.63) is 23.8 Å². The Morgan fingerprint density at radius 1 is 1.33 bits per heavy atom. The molecule has 0 radical (unpaired) electrons. The van der Waals surface area contributed by atoms with Crippen LogP contribution in [0.3, 0.4) is 0 Å². The highest BCUT2D eigenvalue weighted by Crippen LogP contribution is 2.16. The van der Waals surface area contributed by atoms with Gasteiger partial charge in [-0.25, -0.2) is 4.79 Å². The van der Waals surface area contributed by atoms with Crippen molar-refractivity contribution in [1.82, 2.24) is 0 Å². The van der Waals surface area contributed by atoms with E-state index < -0.39 is 13.1 Å². The molecule has 0 aromatic heterocycles. The van der Waals surface area contributed by atoms with E-state index in [-0.39, 0.29) is 23.4 Å². The molecule has 0 saturated carbocycles. The van der Waals surface area contributed by atoms with Crippen LogP contribution in [-0.2, 0) is 4.74 Å². The van der Waals surface area contributed by atoms with E-state index in [1.807, 2.05) is 6.92 Å². The first-order valence-electron chi connectivity index (χ1n) is 5.50. The summed E-state index contributed by atoms with van der Waals surface area (Å²) in [5.74, 6) is -1.05. The number of aromatic carboxylic acids is 1. The van der Waals surface area contributed by atoms with Crippen molar-refractivity contribution >= 4 is 18.6 Å². The minimum atomic E-state index is -1.66. The Morgan fingerprint density at radius 2 is 2.06 bits per heavy atom. The number of ether oxygens (including phenoxy) is 2. The molecule has 0 saturated heterocycles. The molecule has 0 atom stereocenters. The number of carbonyl (C=O) groups is 1. The summed E-state index contributed by atoms with van der Waals surface area (Å²) in [6, 6.07) is 3.89. The second kappa shape index (κ2) is 7.00. The summed E-state index contributed by atoms with van der Waals surface area (Å²) in [4.78, 5) is 11.0. The van der Waals surface area contributed by atoms with Gasteiger partial charge in [-0.3, -0.25) is 0 Å². The molecule has 0 amide bonds. The van der Waals surface area contributed by atoms with Crippen LogP contribution in [0.5, 0.6) is 5.75 Å². The summed E-state index contributed by atoms with van der Waals surface area (Å²) in [5.41, 5.74) is 0.141. The Hall–Kier alpha value is -1.57. The first-order valence-corrected chi connectivity index (χ1v) is 5.50. The third-order valence-corrected chi connectivity index (χ3v) is 2.22. The lowest BCUT2D eigenvalue weighted by molar-refractivity contribution is 0.0687. The fourth-order valence-corrected chi connectivity index (χ4v) is 1.35. The van der Waals surface area contributed by atoms with Gasteiger partial charge in [0.25, 0.3) is 0 Å². The van der Waals surface area contributed by atoms with Gasteiger partial charge >= 0.3 is 13.1 Å². The fourth-order valence-electron chi connectivity index (χ4n) is 1.35. The van der Waals surface area contributed by atoms with Gasteiger partial charge in [0.05, 0.1) is 6.61 Å². The average Bonchev–Trinajstić information content (AvgIpc) is 2.34. The second-order valence-electron chi connectivity index (χ2n) is 3.48. The summed E-state index contributed by atoms with van der Waals surface area (Å²) in [5, 5.41) is 27.0. The number of hydrogen-bond donors (Lipinski definition) is 3. The van der Waals surface area contributed by atoms with Gasteiger partial charge in [0, 0.05) is 6.61 Å². The molecule has 0 spiro atoms. The zero-order valence-electron chi connectivity index (χ0n) is 10.00. The Balaban J connectivity index is 2.83. The molecule has 0 aliphatic heterocycles. The summed E-state index contributed by atoms with van der Waals surface area (Å²) >= 11 is 0. The summed E-state index contributed by atoms with van der Waals surface area (Å²) in [6.07, 6.45) is 0. The van der Waals surface area contributed by atoms with E-state index in [0.717, 1.165) is 0 Å². The van der Waals surface area contributed by atoms with Gasteiger partial charge in [0.1, 0.15) is 17.9 Å². The smallest absolute Gasteiger partial charge is 0.488 e. The summed E-state index contributed by atoms with van der Waals surface area (Å²) in [6.45, 7) is 2.91. The molecule has 6 nitrogen and oxygen atoms in total. The van der Waals surface area contributed by atoms with Gasteiger partial charge < -0.3 is 24.6 Å². The summed E-state index contributed by atoms with van der Waals surface area (Å²) in [7, 11) is -1.66. The molecule has 0 unspecified atom stereocenters. The zero-order chi connectivity index (χ0) is 13.5. The maximum absolute atomic E-state index is 11.0. The first-order chi connectivity index (χ1) is 8.56. The van der Waals surface area contributed by atoms with Crippen LogP contribution in [-0.4, -0.2) is 48.1 Å². The molecule has 3 N–H and O–H groups in total. The monoisotopic (exact) mass is 254 g/mol. The average molecular weight is 254 g/mol. The van der Waals surface area contributed by atoms with Crippen molar-refractivity contribution in [2.75, 3.05) is 19.8 Å². The number of rotatable bonds is 7. The third-order valence-electron chi connectivity index (χ3n) is 2.22. The predicted molar refractivity (Wildman–Crippen MR) is 65.2 cm³/mol. The topological polar surface area (TPSA) is 96.2 Å². The SMILES string of the molecule is CCOCCOc1cc(B(O)O)ccc1C(=O)O. The molecule has 1 aromatic carbocycles. The quantitative estimate of drug-likeness (QED) is 0.447. The highest BCUT2D eigenvalue weighted by molar-refractivity contribution is 6.58. The van der Waals surface area contributed by atoms with Gasteiger partial charge in [0.15, 0.2) is 0 Å². The molecule has 1 aromatic rings. The van der Waals surface area contributed by atoms with E-state index in [0.29, 0.717) is 13.2 Å². The standard InChI is InChI=1S/C11H15BO6/c1-2-17-5-6-18-10-7-8(12(15)16)3-4-9(10)11(13)14/h3-4,7,15-16H,2,5-6H2,1H3,(H,13,14). The molecule has 0 aliphatic carbocycles. The first kappa shape index (κ1) is 14.5. The van der Waals surface area contributed by atoms with Crippen LogP contribution in [0.1, 0.15) is 17.3 Å². The lowest BCUT2D eigenvalue weighted by Gasteiger charge is -2.11. The van der Waals surface area contributed by atoms with Crippen LogP contribution in [0.4, 0.5) is 0 Å². The van der Waals surface area contributed by atoms with Crippen molar-refractivity contribution < 1.29 is 29.4 Å². The van der Waals surface area contributed by atoms with Crippen LogP contribution in [0.15, 0.2) is 18.2 Å². The Morgan fingerprint density at radius 3 is 2.61 bits per heavy atom. The van der Waals surface area contributed by atoms with Crippen molar-refractivity contribution in [2.24, 2.45) is 0 Å². The molecule has 0 bridgehead atoms. The Bertz CT molecular complexity index is 407. The van der Waals surface area contributed by atoms with Gasteiger partial charge in [-0.15, -0.1) is 0 Å². The van der Waals surface area contributed by atoms with Gasteiger partial charge in [-0.2, -0.15) is 0 Å². The molecular formula is C11H15BO6. The highest BCUT2D eigenvalue weighted by Gasteiger charge is 2.17. The Labute approximate surface area is 105 Å². The maximum Gasteiger partial charge on any atom is 0.488 e. The van der Waals surface area contributed by atoms with E-state index in [2.05, 4.69) is 0 Å². The molecule has 7 heteroatoms. The van der Waals surface area contributed by atoms with Crippen LogP contribution in [0.25, 0.3) is 0 Å². The Kier molecular flexibility index (Phi) is 5.64. The normalized spacial score (nSPS) is 10.2.